The molecule has 1 heterocycles. The lowest BCUT2D eigenvalue weighted by Gasteiger charge is -2.09. The lowest BCUT2D eigenvalue weighted by molar-refractivity contribution is -0.127. The number of hydrogen-bond acceptors (Lipinski definition) is 4. The number of aliphatic hydroxyl groups is 1. The predicted octanol–water partition coefficient (Wildman–Crippen LogP) is 1.32. The van der Waals surface area contributed by atoms with E-state index in [1.165, 1.54) is 0 Å². The van der Waals surface area contributed by atoms with E-state index in [1.54, 1.807) is 24.3 Å². The summed E-state index contributed by atoms with van der Waals surface area (Å²) in [4.78, 5) is 11.5. The molecule has 15 heavy (non-hydrogen) atoms. The van der Waals surface area contributed by atoms with Gasteiger partial charge in [0.25, 0.3) is 0 Å². The Kier molecular flexibility index (Phi) is 2.46. The summed E-state index contributed by atoms with van der Waals surface area (Å²) in [5.74, 6) is -0.974. The Morgan fingerprint density at radius 2 is 2.07 bits per heavy atom. The van der Waals surface area contributed by atoms with Gasteiger partial charge < -0.3 is 9.84 Å². The number of aliphatic hydroxyl groups excluding tert-OH is 1. The molecule has 0 bridgehead atoms. The SMILES string of the molecule is N=C1OC(c2ccccc2Cl)C(=O)C1O. The number of nitrogens with one attached hydrogen (secondary N) is 1. The predicted molar refractivity (Wildman–Crippen MR) is 54.0 cm³/mol. The molecule has 1 fully saturated rings. The highest BCUT2D eigenvalue weighted by molar-refractivity contribution is 6.31. The molecular formula is C10H8ClNO3. The molecule has 1 aromatic rings. The molecular weight excluding hydrogens is 218 g/mol. The van der Waals surface area contributed by atoms with Gasteiger partial charge in [-0.1, -0.05) is 29.8 Å². The number of carbonyl (C=O) groups is 1. The molecule has 4 nitrogen and oxygen atoms in total. The topological polar surface area (TPSA) is 70.4 Å². The summed E-state index contributed by atoms with van der Waals surface area (Å²) in [5, 5.41) is 16.8. The molecule has 0 aromatic heterocycles. The van der Waals surface area contributed by atoms with E-state index in [9.17, 15) is 9.90 Å². The molecule has 0 spiro atoms. The fourth-order valence-electron chi connectivity index (χ4n) is 1.43. The Balaban J connectivity index is 2.38. The van der Waals surface area contributed by atoms with Gasteiger partial charge in [0.2, 0.25) is 11.7 Å². The van der Waals surface area contributed by atoms with Crippen molar-refractivity contribution in [2.24, 2.45) is 0 Å². The third-order valence-corrected chi connectivity index (χ3v) is 2.55. The molecule has 0 radical (unpaired) electrons. The minimum Gasteiger partial charge on any atom is -0.462 e. The third kappa shape index (κ3) is 1.62. The Morgan fingerprint density at radius 3 is 2.60 bits per heavy atom. The standard InChI is InChI=1S/C10H8ClNO3/c11-6-4-2-1-3-5(6)9-7(13)8(14)10(12)15-9/h1-4,8-9,12,14H. The van der Waals surface area contributed by atoms with E-state index in [-0.39, 0.29) is 0 Å². The lowest BCUT2D eigenvalue weighted by atomic mass is 10.0. The van der Waals surface area contributed by atoms with Crippen molar-refractivity contribution in [3.63, 3.8) is 0 Å². The van der Waals surface area contributed by atoms with Crippen LogP contribution in [-0.2, 0) is 9.53 Å². The largest absolute Gasteiger partial charge is 0.462 e. The van der Waals surface area contributed by atoms with Gasteiger partial charge in [0.15, 0.2) is 12.2 Å². The number of ketones is 1. The zero-order chi connectivity index (χ0) is 11.0. The zero-order valence-corrected chi connectivity index (χ0v) is 8.36. The van der Waals surface area contributed by atoms with Crippen molar-refractivity contribution in [2.45, 2.75) is 12.2 Å². The average molecular weight is 226 g/mol. The van der Waals surface area contributed by atoms with Crippen LogP contribution in [-0.4, -0.2) is 22.9 Å². The first kappa shape index (κ1) is 10.1. The molecule has 0 aliphatic carbocycles. The molecule has 2 N–H and O–H groups in total. The number of halogens is 1. The quantitative estimate of drug-likeness (QED) is 0.757. The number of benzene rings is 1. The Hall–Kier alpha value is -1.39. The van der Waals surface area contributed by atoms with E-state index in [4.69, 9.17) is 21.7 Å². The van der Waals surface area contributed by atoms with Crippen LogP contribution in [0.1, 0.15) is 11.7 Å². The van der Waals surface area contributed by atoms with Gasteiger partial charge in [-0.05, 0) is 6.07 Å². The monoisotopic (exact) mass is 225 g/mol. The maximum absolute atomic E-state index is 11.5. The van der Waals surface area contributed by atoms with E-state index in [0.29, 0.717) is 10.6 Å². The number of hydrogen-bond donors (Lipinski definition) is 2. The molecule has 2 unspecified atom stereocenters. The summed E-state index contributed by atoms with van der Waals surface area (Å²) in [6.07, 6.45) is -2.42. The maximum atomic E-state index is 11.5. The van der Waals surface area contributed by atoms with Crippen molar-refractivity contribution in [3.8, 4) is 0 Å². The summed E-state index contributed by atoms with van der Waals surface area (Å²) >= 11 is 5.88. The van der Waals surface area contributed by atoms with Gasteiger partial charge in [-0.2, -0.15) is 0 Å². The van der Waals surface area contributed by atoms with E-state index in [0.717, 1.165) is 0 Å². The van der Waals surface area contributed by atoms with Crippen molar-refractivity contribution in [1.29, 1.82) is 5.41 Å². The van der Waals surface area contributed by atoms with E-state index in [1.807, 2.05) is 0 Å². The van der Waals surface area contributed by atoms with Gasteiger partial charge in [-0.3, -0.25) is 10.2 Å². The van der Waals surface area contributed by atoms with Crippen LogP contribution in [0.5, 0.6) is 0 Å². The summed E-state index contributed by atoms with van der Waals surface area (Å²) in [6, 6.07) is 6.71. The molecule has 78 valence electrons. The second kappa shape index (κ2) is 3.64. The van der Waals surface area contributed by atoms with Crippen LogP contribution in [0.2, 0.25) is 5.02 Å². The van der Waals surface area contributed by atoms with Gasteiger partial charge in [-0.25, -0.2) is 0 Å². The second-order valence-corrected chi connectivity index (χ2v) is 3.60. The molecule has 2 atom stereocenters. The summed E-state index contributed by atoms with van der Waals surface area (Å²) in [7, 11) is 0. The van der Waals surface area contributed by atoms with Crippen LogP contribution < -0.4 is 0 Å². The highest BCUT2D eigenvalue weighted by atomic mass is 35.5. The highest BCUT2D eigenvalue weighted by Gasteiger charge is 2.41. The minimum absolute atomic E-state index is 0.387. The molecule has 0 amide bonds. The maximum Gasteiger partial charge on any atom is 0.219 e. The normalized spacial score (nSPS) is 25.5. The van der Waals surface area contributed by atoms with Crippen molar-refractivity contribution >= 4 is 23.3 Å². The van der Waals surface area contributed by atoms with Crippen molar-refractivity contribution in [3.05, 3.63) is 34.9 Å². The van der Waals surface area contributed by atoms with Gasteiger partial charge in [0.05, 0.1) is 0 Å². The van der Waals surface area contributed by atoms with Gasteiger partial charge >= 0.3 is 0 Å². The minimum atomic E-state index is -1.47. The van der Waals surface area contributed by atoms with Crippen molar-refractivity contribution in [1.82, 2.24) is 0 Å². The lowest BCUT2D eigenvalue weighted by Crippen LogP contribution is -2.21. The second-order valence-electron chi connectivity index (χ2n) is 3.19. The molecule has 1 aliphatic rings. The van der Waals surface area contributed by atoms with Crippen LogP contribution in [0.25, 0.3) is 0 Å². The summed E-state index contributed by atoms with van der Waals surface area (Å²) in [6.45, 7) is 0. The Morgan fingerprint density at radius 1 is 1.40 bits per heavy atom. The number of rotatable bonds is 1. The van der Waals surface area contributed by atoms with Crippen LogP contribution in [0, 0.1) is 5.41 Å². The highest BCUT2D eigenvalue weighted by Crippen LogP contribution is 2.31. The van der Waals surface area contributed by atoms with E-state index >= 15 is 0 Å². The first-order valence-corrected chi connectivity index (χ1v) is 4.70. The molecule has 1 saturated heterocycles. The van der Waals surface area contributed by atoms with Crippen molar-refractivity contribution in [2.75, 3.05) is 0 Å². The molecule has 5 heteroatoms. The fourth-order valence-corrected chi connectivity index (χ4v) is 1.66. The number of Topliss-reactive ketones (excluding diaryl/α,β-unsaturated/α-hetero) is 1. The third-order valence-electron chi connectivity index (χ3n) is 2.21. The van der Waals surface area contributed by atoms with Crippen molar-refractivity contribution < 1.29 is 14.6 Å². The first-order chi connectivity index (χ1) is 7.11. The zero-order valence-electron chi connectivity index (χ0n) is 7.61. The molecule has 2 rings (SSSR count). The van der Waals surface area contributed by atoms with Crippen LogP contribution in [0.3, 0.4) is 0 Å². The van der Waals surface area contributed by atoms with Gasteiger partial charge in [0.1, 0.15) is 0 Å². The van der Waals surface area contributed by atoms with E-state index in [2.05, 4.69) is 0 Å². The average Bonchev–Trinajstić information content (AvgIpc) is 2.47. The molecule has 1 aliphatic heterocycles. The molecule has 1 aromatic carbocycles. The van der Waals surface area contributed by atoms with Gasteiger partial charge in [0, 0.05) is 10.6 Å². The van der Waals surface area contributed by atoms with Crippen LogP contribution >= 0.6 is 11.6 Å². The smallest absolute Gasteiger partial charge is 0.219 e. The summed E-state index contributed by atoms with van der Waals surface area (Å²) in [5.41, 5.74) is 0.477. The Bertz CT molecular complexity index is 432. The fraction of sp³-hybridized carbons (Fsp3) is 0.200. The summed E-state index contributed by atoms with van der Waals surface area (Å²) < 4.78 is 4.95. The number of ether oxygens (including phenoxy) is 1. The van der Waals surface area contributed by atoms with Crippen LogP contribution in [0.4, 0.5) is 0 Å². The first-order valence-electron chi connectivity index (χ1n) is 4.32. The van der Waals surface area contributed by atoms with E-state index < -0.39 is 23.9 Å². The Labute approximate surface area is 90.9 Å². The van der Waals surface area contributed by atoms with Crippen LogP contribution in [0.15, 0.2) is 24.3 Å². The van der Waals surface area contributed by atoms with Gasteiger partial charge in [-0.15, -0.1) is 0 Å². The molecule has 0 saturated carbocycles. The number of carbonyl (C=O) groups excluding carboxylic acids is 1.